The number of piperidine rings is 1. The van der Waals surface area contributed by atoms with E-state index < -0.39 is 12.0 Å². The largest absolute Gasteiger partial charge is 0.480 e. The molecule has 1 N–H and O–H groups in total. The summed E-state index contributed by atoms with van der Waals surface area (Å²) in [7, 11) is 0. The third kappa shape index (κ3) is 6.61. The van der Waals surface area contributed by atoms with Gasteiger partial charge in [0.2, 0.25) is 0 Å². The van der Waals surface area contributed by atoms with Crippen molar-refractivity contribution >= 4 is 17.3 Å². The summed E-state index contributed by atoms with van der Waals surface area (Å²) in [6, 6.07) is 10.5. The molecule has 1 aromatic carbocycles. The van der Waals surface area contributed by atoms with E-state index in [1.165, 1.54) is 27.2 Å². The highest BCUT2D eigenvalue weighted by Crippen LogP contribution is 2.39. The van der Waals surface area contributed by atoms with Gasteiger partial charge in [-0.05, 0) is 79.4 Å². The van der Waals surface area contributed by atoms with Crippen molar-refractivity contribution in [2.24, 2.45) is 11.8 Å². The summed E-state index contributed by atoms with van der Waals surface area (Å²) in [5.74, 6) is -0.0722. The second-order valence-electron chi connectivity index (χ2n) is 11.8. The quantitative estimate of drug-likeness (QED) is 0.334. The Labute approximate surface area is 241 Å². The maximum Gasteiger partial charge on any atom is 0.321 e. The third-order valence-electron chi connectivity index (χ3n) is 8.66. The Morgan fingerprint density at radius 3 is 2.62 bits per heavy atom. The van der Waals surface area contributed by atoms with Crippen molar-refractivity contribution in [3.8, 4) is 0 Å². The minimum Gasteiger partial charge on any atom is -0.480 e. The first-order valence-corrected chi connectivity index (χ1v) is 15.5. The van der Waals surface area contributed by atoms with Gasteiger partial charge in [0.05, 0.1) is 10.7 Å². The average Bonchev–Trinajstić information content (AvgIpc) is 3.53. The maximum atomic E-state index is 14.2. The number of benzene rings is 1. The van der Waals surface area contributed by atoms with Gasteiger partial charge in [0.25, 0.3) is 0 Å². The van der Waals surface area contributed by atoms with Crippen LogP contribution in [0.15, 0.2) is 48.8 Å². The molecule has 2 saturated heterocycles. The van der Waals surface area contributed by atoms with Crippen molar-refractivity contribution in [2.45, 2.75) is 64.3 Å². The maximum absolute atomic E-state index is 14.2. The van der Waals surface area contributed by atoms with Gasteiger partial charge in [-0.1, -0.05) is 39.0 Å². The molecule has 0 spiro atoms. The monoisotopic (exact) mass is 564 g/mol. The summed E-state index contributed by atoms with van der Waals surface area (Å²) in [6.45, 7) is 10.5. The Bertz CT molecular complexity index is 1270. The molecule has 2 aromatic heterocycles. The lowest BCUT2D eigenvalue weighted by Crippen LogP contribution is -2.44. The second kappa shape index (κ2) is 12.9. The SMILES string of the molecule is CCc1nc(Cc2cccnc2)sc1C1CCN(C[C@H]2CN([C@@H](C(=O)O)C(C)C)C[C@@H]2c2cccc(F)c2)CC1. The number of nitrogens with zero attached hydrogens (tertiary/aromatic N) is 4. The highest BCUT2D eigenvalue weighted by molar-refractivity contribution is 7.11. The molecule has 6 nitrogen and oxygen atoms in total. The molecule has 8 heteroatoms. The lowest BCUT2D eigenvalue weighted by molar-refractivity contribution is -0.144. The highest BCUT2D eigenvalue weighted by Gasteiger charge is 2.41. The van der Waals surface area contributed by atoms with Crippen LogP contribution in [0.2, 0.25) is 0 Å². The third-order valence-corrected chi connectivity index (χ3v) is 9.92. The fourth-order valence-corrected chi connectivity index (χ4v) is 8.10. The minimum absolute atomic E-state index is 0.00960. The molecule has 2 fully saturated rings. The summed E-state index contributed by atoms with van der Waals surface area (Å²) < 4.78 is 14.2. The number of carboxylic acid groups (broad SMARTS) is 1. The Morgan fingerprint density at radius 2 is 1.98 bits per heavy atom. The number of aromatic nitrogens is 2. The number of pyridine rings is 1. The van der Waals surface area contributed by atoms with Crippen LogP contribution >= 0.6 is 11.3 Å². The van der Waals surface area contributed by atoms with Gasteiger partial charge in [-0.2, -0.15) is 0 Å². The Hall–Kier alpha value is -2.68. The molecule has 3 aromatic rings. The van der Waals surface area contributed by atoms with Crippen LogP contribution in [0.4, 0.5) is 4.39 Å². The number of hydrogen-bond acceptors (Lipinski definition) is 6. The zero-order chi connectivity index (χ0) is 28.2. The van der Waals surface area contributed by atoms with Crippen LogP contribution in [-0.2, 0) is 17.6 Å². The Balaban J connectivity index is 1.26. The minimum atomic E-state index is -0.770. The first kappa shape index (κ1) is 28.8. The van der Waals surface area contributed by atoms with Gasteiger partial charge in [0.1, 0.15) is 11.9 Å². The number of halogens is 1. The average molecular weight is 565 g/mol. The van der Waals surface area contributed by atoms with Gasteiger partial charge in [0, 0.05) is 49.2 Å². The Morgan fingerprint density at radius 1 is 1.18 bits per heavy atom. The highest BCUT2D eigenvalue weighted by atomic mass is 32.1. The standard InChI is InChI=1S/C32H41FN4O2S/c1-4-28-31(40-29(35-28)15-22-7-6-12-34-17-22)23-10-13-36(14-11-23)18-25-19-37(30(21(2)3)32(38)39)20-27(25)24-8-5-9-26(33)16-24/h5-9,12,16-17,21,23,25,27,30H,4,10-11,13-15,18-20H2,1-3H3,(H,38,39)/t25-,27+,30+/m0/s1. The Kier molecular flexibility index (Phi) is 9.28. The molecule has 0 bridgehead atoms. The molecule has 4 heterocycles. The van der Waals surface area contributed by atoms with Gasteiger partial charge < -0.3 is 10.0 Å². The number of hydrogen-bond donors (Lipinski definition) is 1. The first-order chi connectivity index (χ1) is 19.3. The van der Waals surface area contributed by atoms with Crippen LogP contribution in [0.25, 0.3) is 0 Å². The number of rotatable bonds is 10. The van der Waals surface area contributed by atoms with Gasteiger partial charge in [-0.15, -0.1) is 11.3 Å². The normalized spacial score (nSPS) is 21.7. The molecule has 5 rings (SSSR count). The predicted octanol–water partition coefficient (Wildman–Crippen LogP) is 5.83. The van der Waals surface area contributed by atoms with E-state index >= 15 is 0 Å². The lowest BCUT2D eigenvalue weighted by atomic mass is 9.87. The molecular formula is C32H41FN4O2S. The molecule has 3 atom stereocenters. The fraction of sp³-hybridized carbons (Fsp3) is 0.531. The van der Waals surface area contributed by atoms with Crippen LogP contribution in [0, 0.1) is 17.7 Å². The topological polar surface area (TPSA) is 69.6 Å². The number of carbonyl (C=O) groups is 1. The lowest BCUT2D eigenvalue weighted by Gasteiger charge is -2.34. The molecule has 2 aliphatic rings. The van der Waals surface area contributed by atoms with Crippen molar-refractivity contribution in [3.05, 3.63) is 81.3 Å². The summed E-state index contributed by atoms with van der Waals surface area (Å²) in [6.07, 6.45) is 7.72. The number of carboxylic acids is 1. The molecule has 0 aliphatic carbocycles. The molecule has 0 amide bonds. The summed E-state index contributed by atoms with van der Waals surface area (Å²) in [4.78, 5) is 27.5. The molecule has 2 aliphatic heterocycles. The van der Waals surface area contributed by atoms with E-state index in [4.69, 9.17) is 4.98 Å². The van der Waals surface area contributed by atoms with Gasteiger partial charge in [0.15, 0.2) is 0 Å². The van der Waals surface area contributed by atoms with E-state index in [1.807, 2.05) is 43.5 Å². The smallest absolute Gasteiger partial charge is 0.321 e. The molecular weight excluding hydrogens is 523 g/mol. The summed E-state index contributed by atoms with van der Waals surface area (Å²) in [5.41, 5.74) is 3.42. The number of aliphatic carboxylic acids is 1. The molecule has 214 valence electrons. The van der Waals surface area contributed by atoms with Gasteiger partial charge in [-0.3, -0.25) is 14.7 Å². The van der Waals surface area contributed by atoms with Gasteiger partial charge in [-0.25, -0.2) is 9.37 Å². The van der Waals surface area contributed by atoms with Crippen molar-refractivity contribution in [2.75, 3.05) is 32.7 Å². The van der Waals surface area contributed by atoms with Crippen molar-refractivity contribution < 1.29 is 14.3 Å². The van der Waals surface area contributed by atoms with Crippen molar-refractivity contribution in [1.82, 2.24) is 19.8 Å². The van der Waals surface area contributed by atoms with Crippen LogP contribution in [0.1, 0.15) is 72.2 Å². The summed E-state index contributed by atoms with van der Waals surface area (Å²) in [5, 5.41) is 11.1. The van der Waals surface area contributed by atoms with Crippen LogP contribution in [-0.4, -0.2) is 69.6 Å². The fourth-order valence-electron chi connectivity index (χ4n) is 6.74. The van der Waals surface area contributed by atoms with Crippen LogP contribution < -0.4 is 0 Å². The predicted molar refractivity (Wildman–Crippen MR) is 157 cm³/mol. The van der Waals surface area contributed by atoms with E-state index in [-0.39, 0.29) is 23.6 Å². The van der Waals surface area contributed by atoms with Crippen molar-refractivity contribution in [1.29, 1.82) is 0 Å². The zero-order valence-corrected chi connectivity index (χ0v) is 24.6. The van der Waals surface area contributed by atoms with Crippen LogP contribution in [0.5, 0.6) is 0 Å². The van der Waals surface area contributed by atoms with E-state index in [1.54, 1.807) is 18.3 Å². The van der Waals surface area contributed by atoms with Gasteiger partial charge >= 0.3 is 5.97 Å². The van der Waals surface area contributed by atoms with Crippen LogP contribution in [0.3, 0.4) is 0 Å². The number of thiazole rings is 1. The van der Waals surface area contributed by atoms with E-state index in [0.29, 0.717) is 12.5 Å². The molecule has 40 heavy (non-hydrogen) atoms. The van der Waals surface area contributed by atoms with E-state index in [2.05, 4.69) is 27.8 Å². The number of likely N-dealkylation sites (tertiary alicyclic amines) is 2. The second-order valence-corrected chi connectivity index (χ2v) is 12.9. The van der Waals surface area contributed by atoms with Crippen molar-refractivity contribution in [3.63, 3.8) is 0 Å². The van der Waals surface area contributed by atoms with E-state index in [0.717, 1.165) is 57.4 Å². The van der Waals surface area contributed by atoms with E-state index in [9.17, 15) is 14.3 Å². The molecule has 0 saturated carbocycles. The number of aryl methyl sites for hydroxylation is 1. The summed E-state index contributed by atoms with van der Waals surface area (Å²) >= 11 is 1.87. The molecule has 0 radical (unpaired) electrons. The first-order valence-electron chi connectivity index (χ1n) is 14.6. The molecule has 0 unspecified atom stereocenters. The zero-order valence-electron chi connectivity index (χ0n) is 23.8.